The van der Waals surface area contributed by atoms with Crippen molar-refractivity contribution >= 4 is 23.6 Å². The minimum absolute atomic E-state index is 0.105. The van der Waals surface area contributed by atoms with Gasteiger partial charge in [-0.25, -0.2) is 0 Å². The minimum Gasteiger partial charge on any atom is -0.369 e. The summed E-state index contributed by atoms with van der Waals surface area (Å²) in [6.07, 6.45) is 3.01. The average molecular weight is 278 g/mol. The number of benzene rings is 1. The lowest BCUT2D eigenvalue weighted by atomic mass is 9.96. The second-order valence-corrected chi connectivity index (χ2v) is 5.57. The van der Waals surface area contributed by atoms with Gasteiger partial charge in [0.05, 0.1) is 5.92 Å². The predicted molar refractivity (Wildman–Crippen MR) is 75.6 cm³/mol. The molecule has 0 bridgehead atoms. The van der Waals surface area contributed by atoms with E-state index in [0.717, 1.165) is 10.5 Å². The molecule has 102 valence electrons. The van der Waals surface area contributed by atoms with Crippen molar-refractivity contribution in [1.29, 1.82) is 0 Å². The van der Waals surface area contributed by atoms with Gasteiger partial charge < -0.3 is 10.6 Å². The molecule has 1 heterocycles. The third-order valence-electron chi connectivity index (χ3n) is 3.46. The van der Waals surface area contributed by atoms with E-state index in [1.807, 2.05) is 30.5 Å². The Bertz CT molecular complexity index is 490. The summed E-state index contributed by atoms with van der Waals surface area (Å²) in [4.78, 5) is 26.1. The maximum atomic E-state index is 11.9. The number of hydrogen-bond acceptors (Lipinski definition) is 3. The Morgan fingerprint density at radius 1 is 1.47 bits per heavy atom. The van der Waals surface area contributed by atoms with Crippen molar-refractivity contribution in [2.45, 2.75) is 24.3 Å². The zero-order valence-corrected chi connectivity index (χ0v) is 11.8. The molecule has 0 aliphatic carbocycles. The van der Waals surface area contributed by atoms with Crippen LogP contribution >= 0.6 is 11.8 Å². The van der Waals surface area contributed by atoms with E-state index in [1.165, 1.54) is 0 Å². The first-order chi connectivity index (χ1) is 9.11. The van der Waals surface area contributed by atoms with Crippen LogP contribution < -0.4 is 5.73 Å². The number of likely N-dealkylation sites (tertiary alicyclic amines) is 1. The van der Waals surface area contributed by atoms with Crippen LogP contribution in [0, 0.1) is 5.92 Å². The lowest BCUT2D eigenvalue weighted by Crippen LogP contribution is -2.43. The van der Waals surface area contributed by atoms with Crippen LogP contribution in [-0.2, 0) is 16.1 Å². The lowest BCUT2D eigenvalue weighted by Gasteiger charge is -2.31. The van der Waals surface area contributed by atoms with Gasteiger partial charge in [0.25, 0.3) is 0 Å². The van der Waals surface area contributed by atoms with E-state index >= 15 is 0 Å². The fourth-order valence-corrected chi connectivity index (χ4v) is 2.95. The molecule has 1 aromatic rings. The number of nitrogens with two attached hydrogens (primary N) is 1. The van der Waals surface area contributed by atoms with Crippen molar-refractivity contribution in [3.8, 4) is 0 Å². The van der Waals surface area contributed by atoms with Gasteiger partial charge in [-0.3, -0.25) is 9.59 Å². The maximum Gasteiger partial charge on any atom is 0.222 e. The average Bonchev–Trinajstić information content (AvgIpc) is 2.41. The lowest BCUT2D eigenvalue weighted by molar-refractivity contribution is -0.138. The highest BCUT2D eigenvalue weighted by Crippen LogP contribution is 2.24. The predicted octanol–water partition coefficient (Wildman–Crippen LogP) is 1.63. The SMILES string of the molecule is CSc1ccccc1CN1C[C@@H](C(N)=O)CCC1=O. The first-order valence-electron chi connectivity index (χ1n) is 6.30. The number of carbonyl (C=O) groups excluding carboxylic acids is 2. The summed E-state index contributed by atoms with van der Waals surface area (Å²) in [6.45, 7) is 0.997. The molecule has 0 radical (unpaired) electrons. The van der Waals surface area contributed by atoms with E-state index < -0.39 is 0 Å². The number of nitrogens with zero attached hydrogens (tertiary/aromatic N) is 1. The van der Waals surface area contributed by atoms with Gasteiger partial charge in [-0.05, 0) is 24.3 Å². The molecule has 19 heavy (non-hydrogen) atoms. The molecule has 1 atom stereocenters. The Morgan fingerprint density at radius 3 is 2.89 bits per heavy atom. The highest BCUT2D eigenvalue weighted by Gasteiger charge is 2.29. The molecule has 1 fully saturated rings. The molecule has 5 heteroatoms. The van der Waals surface area contributed by atoms with Gasteiger partial charge in [0.2, 0.25) is 11.8 Å². The van der Waals surface area contributed by atoms with Gasteiger partial charge in [0.15, 0.2) is 0 Å². The molecule has 1 aliphatic heterocycles. The number of rotatable bonds is 4. The molecular formula is C14H18N2O2S. The minimum atomic E-state index is -0.310. The van der Waals surface area contributed by atoms with E-state index in [4.69, 9.17) is 5.73 Å². The number of carbonyl (C=O) groups is 2. The summed E-state index contributed by atoms with van der Waals surface area (Å²) >= 11 is 1.66. The van der Waals surface area contributed by atoms with Gasteiger partial charge in [0.1, 0.15) is 0 Å². The topological polar surface area (TPSA) is 63.4 Å². The van der Waals surface area contributed by atoms with Gasteiger partial charge in [-0.2, -0.15) is 0 Å². The standard InChI is InChI=1S/C14H18N2O2S/c1-19-12-5-3-2-4-10(12)8-16-9-11(14(15)18)6-7-13(16)17/h2-5,11H,6-9H2,1H3,(H2,15,18)/t11-/m0/s1. The Labute approximate surface area is 117 Å². The van der Waals surface area contributed by atoms with Crippen LogP contribution in [0.4, 0.5) is 0 Å². The normalized spacial score (nSPS) is 19.5. The van der Waals surface area contributed by atoms with Crippen molar-refractivity contribution in [1.82, 2.24) is 4.90 Å². The number of hydrogen-bond donors (Lipinski definition) is 1. The number of thioether (sulfide) groups is 1. The van der Waals surface area contributed by atoms with E-state index in [0.29, 0.717) is 25.9 Å². The van der Waals surface area contributed by atoms with Crippen LogP contribution in [0.3, 0.4) is 0 Å². The number of primary amides is 1. The monoisotopic (exact) mass is 278 g/mol. The molecule has 1 saturated heterocycles. The van der Waals surface area contributed by atoms with Crippen molar-refractivity contribution < 1.29 is 9.59 Å². The summed E-state index contributed by atoms with van der Waals surface area (Å²) in [7, 11) is 0. The van der Waals surface area contributed by atoms with Crippen LogP contribution in [0.25, 0.3) is 0 Å². The zero-order chi connectivity index (χ0) is 13.8. The first-order valence-corrected chi connectivity index (χ1v) is 7.53. The van der Waals surface area contributed by atoms with Crippen LogP contribution in [0.5, 0.6) is 0 Å². The largest absolute Gasteiger partial charge is 0.369 e. The number of amides is 2. The van der Waals surface area contributed by atoms with Crippen LogP contribution in [0.2, 0.25) is 0 Å². The Morgan fingerprint density at radius 2 is 2.21 bits per heavy atom. The number of piperidine rings is 1. The van der Waals surface area contributed by atoms with E-state index in [-0.39, 0.29) is 17.7 Å². The Kier molecular flexibility index (Phi) is 4.47. The molecule has 0 saturated carbocycles. The summed E-state index contributed by atoms with van der Waals surface area (Å²) in [6, 6.07) is 8.02. The van der Waals surface area contributed by atoms with Crippen molar-refractivity contribution in [2.75, 3.05) is 12.8 Å². The molecule has 0 spiro atoms. The maximum absolute atomic E-state index is 11.9. The zero-order valence-electron chi connectivity index (χ0n) is 11.0. The third-order valence-corrected chi connectivity index (χ3v) is 4.29. The molecule has 1 aliphatic rings. The van der Waals surface area contributed by atoms with Gasteiger partial charge in [0, 0.05) is 24.4 Å². The highest BCUT2D eigenvalue weighted by atomic mass is 32.2. The third kappa shape index (κ3) is 3.29. The molecule has 2 amide bonds. The summed E-state index contributed by atoms with van der Waals surface area (Å²) in [5, 5.41) is 0. The quantitative estimate of drug-likeness (QED) is 0.851. The molecule has 0 unspecified atom stereocenters. The molecule has 2 N–H and O–H groups in total. The highest BCUT2D eigenvalue weighted by molar-refractivity contribution is 7.98. The molecule has 1 aromatic carbocycles. The van der Waals surface area contributed by atoms with Crippen LogP contribution in [0.1, 0.15) is 18.4 Å². The first kappa shape index (κ1) is 13.9. The summed E-state index contributed by atoms with van der Waals surface area (Å²) in [5.41, 5.74) is 6.46. The Hall–Kier alpha value is -1.49. The van der Waals surface area contributed by atoms with Crippen LogP contribution in [-0.4, -0.2) is 29.5 Å². The van der Waals surface area contributed by atoms with E-state index in [2.05, 4.69) is 0 Å². The summed E-state index contributed by atoms with van der Waals surface area (Å²) < 4.78 is 0. The van der Waals surface area contributed by atoms with Gasteiger partial charge in [-0.15, -0.1) is 11.8 Å². The fraction of sp³-hybridized carbons (Fsp3) is 0.429. The molecule has 2 rings (SSSR count). The van der Waals surface area contributed by atoms with Crippen LogP contribution in [0.15, 0.2) is 29.2 Å². The Balaban J connectivity index is 2.12. The van der Waals surface area contributed by atoms with Gasteiger partial charge >= 0.3 is 0 Å². The van der Waals surface area contributed by atoms with E-state index in [9.17, 15) is 9.59 Å². The second-order valence-electron chi connectivity index (χ2n) is 4.72. The van der Waals surface area contributed by atoms with Gasteiger partial charge in [-0.1, -0.05) is 18.2 Å². The van der Waals surface area contributed by atoms with Crippen molar-refractivity contribution in [2.24, 2.45) is 11.7 Å². The van der Waals surface area contributed by atoms with Crippen molar-refractivity contribution in [3.63, 3.8) is 0 Å². The molecule has 0 aromatic heterocycles. The van der Waals surface area contributed by atoms with Crippen molar-refractivity contribution in [3.05, 3.63) is 29.8 Å². The molecule has 4 nitrogen and oxygen atoms in total. The smallest absolute Gasteiger partial charge is 0.222 e. The summed E-state index contributed by atoms with van der Waals surface area (Å²) in [5.74, 6) is -0.414. The second kappa shape index (κ2) is 6.10. The molecular weight excluding hydrogens is 260 g/mol. The fourth-order valence-electron chi connectivity index (χ4n) is 2.34. The van der Waals surface area contributed by atoms with E-state index in [1.54, 1.807) is 16.7 Å².